The highest BCUT2D eigenvalue weighted by Crippen LogP contribution is 2.29. The van der Waals surface area contributed by atoms with E-state index in [4.69, 9.17) is 0 Å². The van der Waals surface area contributed by atoms with Gasteiger partial charge in [-0.25, -0.2) is 22.2 Å². The number of hydrogen-bond acceptors (Lipinski definition) is 4. The van der Waals surface area contributed by atoms with Crippen LogP contribution >= 0.6 is 27.3 Å². The van der Waals surface area contributed by atoms with Crippen molar-refractivity contribution >= 4 is 42.4 Å². The van der Waals surface area contributed by atoms with E-state index in [0.29, 0.717) is 11.8 Å². The summed E-state index contributed by atoms with van der Waals surface area (Å²) < 4.78 is 52.9. The van der Waals surface area contributed by atoms with Gasteiger partial charge in [0, 0.05) is 15.4 Å². The zero-order valence-electron chi connectivity index (χ0n) is 10.4. The van der Waals surface area contributed by atoms with E-state index < -0.39 is 26.6 Å². The number of thiazole rings is 1. The first-order valence-corrected chi connectivity index (χ1v) is 8.41. The molecule has 0 aliphatic heterocycles. The van der Waals surface area contributed by atoms with Crippen molar-refractivity contribution in [2.24, 2.45) is 0 Å². The summed E-state index contributed by atoms with van der Waals surface area (Å²) >= 11 is 3.99. The highest BCUT2D eigenvalue weighted by molar-refractivity contribution is 9.10. The summed E-state index contributed by atoms with van der Waals surface area (Å²) in [5.41, 5.74) is 0.686. The van der Waals surface area contributed by atoms with E-state index in [1.807, 2.05) is 0 Å². The van der Waals surface area contributed by atoms with E-state index in [1.165, 1.54) is 0 Å². The van der Waals surface area contributed by atoms with E-state index in [1.54, 1.807) is 13.8 Å². The van der Waals surface area contributed by atoms with Crippen LogP contribution in [0.2, 0.25) is 0 Å². The molecule has 108 valence electrons. The molecular formula is C11H9BrF2N2O2S2. The molecule has 1 N–H and O–H groups in total. The molecular weight excluding hydrogens is 374 g/mol. The maximum Gasteiger partial charge on any atom is 0.267 e. The molecule has 2 rings (SSSR count). The Bertz CT molecular complexity index is 732. The summed E-state index contributed by atoms with van der Waals surface area (Å²) in [5, 5.41) is 0.135. The molecule has 0 atom stereocenters. The molecule has 0 spiro atoms. The highest BCUT2D eigenvalue weighted by Gasteiger charge is 2.25. The molecule has 0 radical (unpaired) electrons. The molecule has 20 heavy (non-hydrogen) atoms. The van der Waals surface area contributed by atoms with E-state index in [2.05, 4.69) is 25.6 Å². The van der Waals surface area contributed by atoms with Crippen LogP contribution in [-0.2, 0) is 10.0 Å². The molecule has 0 saturated carbocycles. The predicted octanol–water partition coefficient (Wildman–Crippen LogP) is 3.60. The largest absolute Gasteiger partial charge is 0.267 e. The average molecular weight is 383 g/mol. The van der Waals surface area contributed by atoms with Crippen LogP contribution in [0.5, 0.6) is 0 Å². The van der Waals surface area contributed by atoms with Crippen LogP contribution in [0.4, 0.5) is 13.9 Å². The van der Waals surface area contributed by atoms with Crippen molar-refractivity contribution in [2.75, 3.05) is 4.72 Å². The SMILES string of the molecule is Cc1nc(NS(=O)(=O)c2c(F)cc(F)cc2Br)sc1C. The van der Waals surface area contributed by atoms with Crippen LogP contribution in [-0.4, -0.2) is 13.4 Å². The molecule has 0 amide bonds. The second-order valence-corrected chi connectivity index (χ2v) is 7.64. The predicted molar refractivity (Wildman–Crippen MR) is 76.5 cm³/mol. The van der Waals surface area contributed by atoms with E-state index in [0.717, 1.165) is 22.3 Å². The molecule has 0 aliphatic carbocycles. The van der Waals surface area contributed by atoms with Gasteiger partial charge in [-0.05, 0) is 35.8 Å². The van der Waals surface area contributed by atoms with Crippen molar-refractivity contribution < 1.29 is 17.2 Å². The molecule has 2 aromatic rings. The van der Waals surface area contributed by atoms with Gasteiger partial charge >= 0.3 is 0 Å². The van der Waals surface area contributed by atoms with Crippen molar-refractivity contribution in [3.05, 3.63) is 38.8 Å². The molecule has 0 bridgehead atoms. The first-order valence-electron chi connectivity index (χ1n) is 5.32. The lowest BCUT2D eigenvalue weighted by Crippen LogP contribution is -2.15. The Morgan fingerprint density at radius 2 is 1.95 bits per heavy atom. The fraction of sp³-hybridized carbons (Fsp3) is 0.182. The standard InChI is InChI=1S/C11H9BrF2N2O2S2/c1-5-6(2)19-11(15-5)16-20(17,18)10-8(12)3-7(13)4-9(10)14/h3-4H,1-2H3,(H,15,16). The number of nitrogens with one attached hydrogen (secondary N) is 1. The van der Waals surface area contributed by atoms with Crippen LogP contribution in [0, 0.1) is 25.5 Å². The topological polar surface area (TPSA) is 59.1 Å². The van der Waals surface area contributed by atoms with Gasteiger partial charge in [0.25, 0.3) is 10.0 Å². The number of nitrogens with zero attached hydrogens (tertiary/aromatic N) is 1. The molecule has 0 fully saturated rings. The summed E-state index contributed by atoms with van der Waals surface area (Å²) in [7, 11) is -4.19. The summed E-state index contributed by atoms with van der Waals surface area (Å²) in [6, 6.07) is 1.40. The van der Waals surface area contributed by atoms with Gasteiger partial charge in [0.2, 0.25) is 0 Å². The van der Waals surface area contributed by atoms with Crippen molar-refractivity contribution in [1.29, 1.82) is 0 Å². The smallest absolute Gasteiger partial charge is 0.254 e. The van der Waals surface area contributed by atoms with Crippen molar-refractivity contribution in [3.63, 3.8) is 0 Å². The van der Waals surface area contributed by atoms with Crippen molar-refractivity contribution in [1.82, 2.24) is 4.98 Å². The Kier molecular flexibility index (Phi) is 4.12. The van der Waals surface area contributed by atoms with Gasteiger partial charge in [-0.15, -0.1) is 11.3 Å². The Balaban J connectivity index is 2.46. The zero-order valence-corrected chi connectivity index (χ0v) is 13.6. The summed E-state index contributed by atoms with van der Waals surface area (Å²) in [5.74, 6) is -2.04. The van der Waals surface area contributed by atoms with E-state index >= 15 is 0 Å². The van der Waals surface area contributed by atoms with Gasteiger partial charge in [-0.2, -0.15) is 0 Å². The van der Waals surface area contributed by atoms with Gasteiger partial charge in [-0.1, -0.05) is 0 Å². The van der Waals surface area contributed by atoms with Crippen LogP contribution in [0.3, 0.4) is 0 Å². The first kappa shape index (κ1) is 15.3. The normalized spacial score (nSPS) is 11.7. The van der Waals surface area contributed by atoms with Crippen LogP contribution in [0.15, 0.2) is 21.5 Å². The summed E-state index contributed by atoms with van der Waals surface area (Å²) in [4.78, 5) is 4.21. The first-order chi connectivity index (χ1) is 9.20. The lowest BCUT2D eigenvalue weighted by atomic mass is 10.3. The van der Waals surface area contributed by atoms with Crippen LogP contribution in [0.25, 0.3) is 0 Å². The Morgan fingerprint density at radius 1 is 1.30 bits per heavy atom. The second kappa shape index (κ2) is 5.38. The number of aromatic nitrogens is 1. The van der Waals surface area contributed by atoms with Crippen molar-refractivity contribution in [2.45, 2.75) is 18.7 Å². The van der Waals surface area contributed by atoms with E-state index in [-0.39, 0.29) is 9.60 Å². The van der Waals surface area contributed by atoms with Crippen LogP contribution in [0.1, 0.15) is 10.6 Å². The molecule has 9 heteroatoms. The summed E-state index contributed by atoms with van der Waals surface area (Å²) in [6.07, 6.45) is 0. The number of halogens is 3. The second-order valence-electron chi connectivity index (χ2n) is 3.96. The Hall–Kier alpha value is -1.06. The number of anilines is 1. The molecule has 0 unspecified atom stereocenters. The van der Waals surface area contributed by atoms with E-state index in [9.17, 15) is 17.2 Å². The maximum atomic E-state index is 13.7. The zero-order chi connectivity index (χ0) is 15.1. The third kappa shape index (κ3) is 2.99. The lowest BCUT2D eigenvalue weighted by Gasteiger charge is -2.08. The minimum absolute atomic E-state index is 0.135. The lowest BCUT2D eigenvalue weighted by molar-refractivity contribution is 0.548. The fourth-order valence-corrected chi connectivity index (χ4v) is 4.69. The third-order valence-electron chi connectivity index (χ3n) is 2.48. The molecule has 1 heterocycles. The fourth-order valence-electron chi connectivity index (χ4n) is 1.47. The molecule has 4 nitrogen and oxygen atoms in total. The number of rotatable bonds is 3. The number of aryl methyl sites for hydroxylation is 2. The quantitative estimate of drug-likeness (QED) is 0.881. The minimum atomic E-state index is -4.19. The molecule has 0 saturated heterocycles. The van der Waals surface area contributed by atoms with Crippen LogP contribution < -0.4 is 4.72 Å². The Morgan fingerprint density at radius 3 is 2.45 bits per heavy atom. The molecule has 0 aliphatic rings. The molecule has 1 aromatic carbocycles. The van der Waals surface area contributed by atoms with Gasteiger partial charge in [0.05, 0.1) is 5.69 Å². The number of benzene rings is 1. The van der Waals surface area contributed by atoms with Gasteiger partial charge in [-0.3, -0.25) is 4.72 Å². The van der Waals surface area contributed by atoms with Gasteiger partial charge in [0.1, 0.15) is 16.5 Å². The third-order valence-corrected chi connectivity index (χ3v) is 5.90. The summed E-state index contributed by atoms with van der Waals surface area (Å²) in [6.45, 7) is 3.53. The maximum absolute atomic E-state index is 13.7. The van der Waals surface area contributed by atoms with Crippen molar-refractivity contribution in [3.8, 4) is 0 Å². The monoisotopic (exact) mass is 382 g/mol. The van der Waals surface area contributed by atoms with Gasteiger partial charge < -0.3 is 0 Å². The number of sulfonamides is 1. The van der Waals surface area contributed by atoms with Gasteiger partial charge in [0.15, 0.2) is 5.13 Å². The number of hydrogen-bond donors (Lipinski definition) is 1. The highest BCUT2D eigenvalue weighted by atomic mass is 79.9. The minimum Gasteiger partial charge on any atom is -0.254 e. The molecule has 1 aromatic heterocycles. The Labute approximate surface area is 127 Å². The average Bonchev–Trinajstić information content (AvgIpc) is 2.54.